The van der Waals surface area contributed by atoms with Gasteiger partial charge in [-0.3, -0.25) is 0 Å². The lowest BCUT2D eigenvalue weighted by molar-refractivity contribution is 0.404. The van der Waals surface area contributed by atoms with Gasteiger partial charge in [-0.25, -0.2) is 0 Å². The van der Waals surface area contributed by atoms with Crippen molar-refractivity contribution in [3.05, 3.63) is 72.8 Å². The Labute approximate surface area is 138 Å². The van der Waals surface area contributed by atoms with E-state index in [2.05, 4.69) is 0 Å². The summed E-state index contributed by atoms with van der Waals surface area (Å²) in [6.07, 6.45) is 0. The summed E-state index contributed by atoms with van der Waals surface area (Å²) in [4.78, 5) is 0. The van der Waals surface area contributed by atoms with Gasteiger partial charge in [0.25, 0.3) is 0 Å². The van der Waals surface area contributed by atoms with Gasteiger partial charge in [0, 0.05) is 6.07 Å². The van der Waals surface area contributed by atoms with Gasteiger partial charge in [-0.15, -0.1) is 0 Å². The Morgan fingerprint density at radius 2 is 0.667 bits per heavy atom. The molecule has 3 rings (SSSR count). The second-order valence-electron chi connectivity index (χ2n) is 4.50. The van der Waals surface area contributed by atoms with Crippen LogP contribution in [0.5, 0.6) is 34.5 Å². The van der Waals surface area contributed by atoms with Crippen LogP contribution in [0.4, 0.5) is 0 Å². The van der Waals surface area contributed by atoms with E-state index in [0.717, 1.165) is 0 Å². The van der Waals surface area contributed by atoms with E-state index < -0.39 is 0 Å². The lowest BCUT2D eigenvalue weighted by Gasteiger charge is -1.91. The maximum atomic E-state index is 8.67. The van der Waals surface area contributed by atoms with Gasteiger partial charge in [0.1, 0.15) is 11.5 Å². The molecule has 0 radical (unpaired) electrons. The molecule has 0 fully saturated rings. The predicted molar refractivity (Wildman–Crippen MR) is 89.3 cm³/mol. The molecule has 0 amide bonds. The zero-order valence-electron chi connectivity index (χ0n) is 12.6. The van der Waals surface area contributed by atoms with Crippen LogP contribution in [0.3, 0.4) is 0 Å². The molecule has 6 heteroatoms. The van der Waals surface area contributed by atoms with Gasteiger partial charge in [-0.2, -0.15) is 0 Å². The van der Waals surface area contributed by atoms with E-state index in [1.54, 1.807) is 30.3 Å². The number of phenolic OH excluding ortho intramolecular Hbond substituents is 6. The summed E-state index contributed by atoms with van der Waals surface area (Å²) in [5.74, 6) is -0.130. The van der Waals surface area contributed by atoms with Crippen molar-refractivity contribution in [1.29, 1.82) is 0 Å². The molecule has 0 aliphatic carbocycles. The van der Waals surface area contributed by atoms with Gasteiger partial charge >= 0.3 is 0 Å². The van der Waals surface area contributed by atoms with Gasteiger partial charge < -0.3 is 30.6 Å². The molecule has 0 saturated heterocycles. The van der Waals surface area contributed by atoms with Crippen molar-refractivity contribution in [3.8, 4) is 34.5 Å². The standard InChI is InChI=1S/3C6H6O2/c7-5-2-1-3-6(8)4-5;2*7-5-3-1-2-4-6(5)8/h3*1-4,7-8H. The number of hydrogen-bond acceptors (Lipinski definition) is 6. The molecule has 0 unspecified atom stereocenters. The summed E-state index contributed by atoms with van der Waals surface area (Å²) in [7, 11) is 0. The third kappa shape index (κ3) is 6.95. The number of rotatable bonds is 0. The Morgan fingerprint density at radius 1 is 0.375 bits per heavy atom. The monoisotopic (exact) mass is 330 g/mol. The fourth-order valence-electron chi connectivity index (χ4n) is 1.42. The normalized spacial score (nSPS) is 9.00. The minimum absolute atomic E-state index is 0.0764. The lowest BCUT2D eigenvalue weighted by atomic mass is 10.3. The van der Waals surface area contributed by atoms with Gasteiger partial charge in [0.2, 0.25) is 0 Å². The van der Waals surface area contributed by atoms with Gasteiger partial charge in [-0.05, 0) is 36.4 Å². The van der Waals surface area contributed by atoms with E-state index in [1.165, 1.54) is 42.5 Å². The Bertz CT molecular complexity index is 655. The molecule has 0 bridgehead atoms. The minimum atomic E-state index is -0.0764. The molecule has 0 heterocycles. The highest BCUT2D eigenvalue weighted by atomic mass is 16.3. The summed E-state index contributed by atoms with van der Waals surface area (Å²) in [5, 5.41) is 52.0. The van der Waals surface area contributed by atoms with Crippen LogP contribution in [0.1, 0.15) is 0 Å². The van der Waals surface area contributed by atoms with Crippen LogP contribution in [0.25, 0.3) is 0 Å². The first-order valence-corrected chi connectivity index (χ1v) is 6.82. The minimum Gasteiger partial charge on any atom is -0.508 e. The number of hydrogen-bond donors (Lipinski definition) is 6. The molecule has 0 aromatic heterocycles. The molecule has 0 spiro atoms. The molecular weight excluding hydrogens is 312 g/mol. The van der Waals surface area contributed by atoms with Gasteiger partial charge in [0.15, 0.2) is 23.0 Å². The average molecular weight is 330 g/mol. The SMILES string of the molecule is Oc1cccc(O)c1.Oc1ccccc1O.Oc1ccccc1O. The first-order valence-electron chi connectivity index (χ1n) is 6.82. The van der Waals surface area contributed by atoms with Crippen molar-refractivity contribution >= 4 is 0 Å². The highest BCUT2D eigenvalue weighted by molar-refractivity contribution is 5.36. The fraction of sp³-hybridized carbons (Fsp3) is 0. The molecule has 0 aliphatic heterocycles. The summed E-state index contributed by atoms with van der Waals surface area (Å²) in [5.41, 5.74) is 0. The van der Waals surface area contributed by atoms with Crippen molar-refractivity contribution in [1.82, 2.24) is 0 Å². The largest absolute Gasteiger partial charge is 0.508 e. The van der Waals surface area contributed by atoms with Crippen molar-refractivity contribution in [3.63, 3.8) is 0 Å². The number of para-hydroxylation sites is 4. The average Bonchev–Trinajstić information content (AvgIpc) is 2.54. The molecule has 24 heavy (non-hydrogen) atoms. The van der Waals surface area contributed by atoms with E-state index in [0.29, 0.717) is 0 Å². The zero-order valence-corrected chi connectivity index (χ0v) is 12.6. The molecule has 0 saturated carbocycles. The highest BCUT2D eigenvalue weighted by Crippen LogP contribution is 2.22. The molecule has 3 aromatic carbocycles. The third-order valence-corrected chi connectivity index (χ3v) is 2.59. The summed E-state index contributed by atoms with van der Waals surface area (Å²) >= 11 is 0. The van der Waals surface area contributed by atoms with E-state index in [-0.39, 0.29) is 34.5 Å². The van der Waals surface area contributed by atoms with Crippen LogP contribution in [-0.2, 0) is 0 Å². The lowest BCUT2D eigenvalue weighted by Crippen LogP contribution is -1.63. The topological polar surface area (TPSA) is 121 Å². The first kappa shape index (κ1) is 18.5. The van der Waals surface area contributed by atoms with E-state index in [4.69, 9.17) is 30.6 Å². The van der Waals surface area contributed by atoms with Crippen LogP contribution >= 0.6 is 0 Å². The molecule has 0 atom stereocenters. The summed E-state index contributed by atoms with van der Waals surface area (Å²) in [6, 6.07) is 18.1. The fourth-order valence-corrected chi connectivity index (χ4v) is 1.42. The summed E-state index contributed by atoms with van der Waals surface area (Å²) in [6.45, 7) is 0. The molecule has 6 nitrogen and oxygen atoms in total. The predicted octanol–water partition coefficient (Wildman–Crippen LogP) is 3.29. The zero-order chi connectivity index (χ0) is 17.9. The van der Waals surface area contributed by atoms with Crippen LogP contribution in [-0.4, -0.2) is 30.6 Å². The van der Waals surface area contributed by atoms with Crippen molar-refractivity contribution in [2.45, 2.75) is 0 Å². The molecular formula is C18H18O6. The van der Waals surface area contributed by atoms with Gasteiger partial charge in [0.05, 0.1) is 0 Å². The molecule has 3 aromatic rings. The van der Waals surface area contributed by atoms with Crippen LogP contribution in [0.15, 0.2) is 72.8 Å². The van der Waals surface area contributed by atoms with E-state index >= 15 is 0 Å². The third-order valence-electron chi connectivity index (χ3n) is 2.59. The number of aromatic hydroxyl groups is 6. The Balaban J connectivity index is 0.000000180. The van der Waals surface area contributed by atoms with Crippen molar-refractivity contribution in [2.75, 3.05) is 0 Å². The molecule has 126 valence electrons. The summed E-state index contributed by atoms with van der Waals surface area (Å²) < 4.78 is 0. The van der Waals surface area contributed by atoms with Crippen LogP contribution < -0.4 is 0 Å². The Kier molecular flexibility index (Phi) is 7.30. The molecule has 6 N–H and O–H groups in total. The maximum Gasteiger partial charge on any atom is 0.157 e. The van der Waals surface area contributed by atoms with Crippen molar-refractivity contribution < 1.29 is 30.6 Å². The van der Waals surface area contributed by atoms with Crippen LogP contribution in [0.2, 0.25) is 0 Å². The Morgan fingerprint density at radius 3 is 0.833 bits per heavy atom. The molecule has 0 aliphatic rings. The smallest absolute Gasteiger partial charge is 0.157 e. The number of benzene rings is 3. The van der Waals surface area contributed by atoms with E-state index in [1.807, 2.05) is 0 Å². The maximum absolute atomic E-state index is 8.67. The van der Waals surface area contributed by atoms with Crippen LogP contribution in [0, 0.1) is 0 Å². The second kappa shape index (κ2) is 9.47. The number of phenols is 6. The van der Waals surface area contributed by atoms with Crippen molar-refractivity contribution in [2.24, 2.45) is 0 Å². The van der Waals surface area contributed by atoms with Gasteiger partial charge in [-0.1, -0.05) is 30.3 Å². The first-order chi connectivity index (χ1) is 11.4. The second-order valence-corrected chi connectivity index (χ2v) is 4.50. The Hall–Kier alpha value is -3.54. The van der Waals surface area contributed by atoms with E-state index in [9.17, 15) is 0 Å². The quantitative estimate of drug-likeness (QED) is 0.352. The highest BCUT2D eigenvalue weighted by Gasteiger charge is 1.91.